The van der Waals surface area contributed by atoms with Crippen LogP contribution in [0.3, 0.4) is 0 Å². The summed E-state index contributed by atoms with van der Waals surface area (Å²) < 4.78 is 5.19. The van der Waals surface area contributed by atoms with Crippen molar-refractivity contribution in [1.82, 2.24) is 4.98 Å². The van der Waals surface area contributed by atoms with E-state index in [9.17, 15) is 9.90 Å². The largest absolute Gasteiger partial charge is 0.497 e. The van der Waals surface area contributed by atoms with Crippen LogP contribution in [-0.2, 0) is 0 Å². The number of hydrogen-bond donors (Lipinski definition) is 2. The zero-order valence-corrected chi connectivity index (χ0v) is 13.0. The van der Waals surface area contributed by atoms with Crippen molar-refractivity contribution >= 4 is 28.6 Å². The van der Waals surface area contributed by atoms with E-state index >= 15 is 0 Å². The summed E-state index contributed by atoms with van der Waals surface area (Å²) in [6, 6.07) is 13.5. The number of fused-ring (bicyclic) bond motifs is 1. The second kappa shape index (κ2) is 5.77. The zero-order chi connectivity index (χ0) is 15.7. The van der Waals surface area contributed by atoms with Gasteiger partial charge in [0.1, 0.15) is 11.4 Å². The molecule has 22 heavy (non-hydrogen) atoms. The number of carboxylic acid groups (broad SMARTS) is 1. The summed E-state index contributed by atoms with van der Waals surface area (Å²) in [7, 11) is 1.59. The van der Waals surface area contributed by atoms with Gasteiger partial charge in [0.05, 0.1) is 17.5 Å². The van der Waals surface area contributed by atoms with Crippen LogP contribution < -0.4 is 4.74 Å². The van der Waals surface area contributed by atoms with E-state index in [0.29, 0.717) is 5.75 Å². The number of ether oxygens (including phenoxy) is 1. The summed E-state index contributed by atoms with van der Waals surface area (Å²) in [6.07, 6.45) is 0. The Labute approximate surface area is 132 Å². The van der Waals surface area contributed by atoms with Crippen LogP contribution in [0, 0.1) is 6.92 Å². The number of carboxylic acids is 1. The number of carbonyl (C=O) groups is 1. The Balaban J connectivity index is 2.13. The van der Waals surface area contributed by atoms with Gasteiger partial charge in [-0.25, -0.2) is 4.79 Å². The molecule has 0 aliphatic rings. The molecule has 1 aromatic heterocycles. The molecule has 0 fully saturated rings. The van der Waals surface area contributed by atoms with Crippen molar-refractivity contribution in [3.63, 3.8) is 0 Å². The van der Waals surface area contributed by atoms with Crippen LogP contribution in [0.5, 0.6) is 5.75 Å². The van der Waals surface area contributed by atoms with Crippen LogP contribution in [0.25, 0.3) is 10.9 Å². The zero-order valence-electron chi connectivity index (χ0n) is 12.2. The van der Waals surface area contributed by atoms with Crippen molar-refractivity contribution in [2.75, 3.05) is 7.11 Å². The van der Waals surface area contributed by atoms with Crippen molar-refractivity contribution in [2.24, 2.45) is 0 Å². The van der Waals surface area contributed by atoms with Gasteiger partial charge in [-0.3, -0.25) is 0 Å². The summed E-state index contributed by atoms with van der Waals surface area (Å²) in [4.78, 5) is 16.2. The Hall–Kier alpha value is -2.40. The molecule has 3 aromatic rings. The van der Waals surface area contributed by atoms with Crippen LogP contribution in [0.2, 0.25) is 0 Å². The summed E-state index contributed by atoms with van der Waals surface area (Å²) in [5, 5.41) is 10.3. The van der Waals surface area contributed by atoms with Crippen LogP contribution in [-0.4, -0.2) is 23.2 Å². The molecule has 0 saturated heterocycles. The molecule has 0 bridgehead atoms. The molecule has 2 aromatic carbocycles. The highest BCUT2D eigenvalue weighted by Crippen LogP contribution is 2.38. The van der Waals surface area contributed by atoms with Gasteiger partial charge in [0.2, 0.25) is 0 Å². The summed E-state index contributed by atoms with van der Waals surface area (Å²) in [5.41, 5.74) is 2.10. The van der Waals surface area contributed by atoms with Crippen LogP contribution >= 0.6 is 11.8 Å². The first-order chi connectivity index (χ1) is 10.6. The van der Waals surface area contributed by atoms with E-state index in [1.807, 2.05) is 49.4 Å². The molecule has 0 spiro atoms. The van der Waals surface area contributed by atoms with Gasteiger partial charge in [0, 0.05) is 16.3 Å². The van der Waals surface area contributed by atoms with E-state index in [2.05, 4.69) is 4.98 Å². The molecular formula is C17H15NO3S. The molecule has 3 rings (SSSR count). The van der Waals surface area contributed by atoms with Crippen LogP contribution in [0.4, 0.5) is 0 Å². The van der Waals surface area contributed by atoms with Gasteiger partial charge in [-0.05, 0) is 31.2 Å². The molecule has 0 radical (unpaired) electrons. The van der Waals surface area contributed by atoms with Gasteiger partial charge in [0.25, 0.3) is 0 Å². The molecule has 0 aliphatic heterocycles. The van der Waals surface area contributed by atoms with Crippen molar-refractivity contribution in [3.8, 4) is 5.75 Å². The maximum atomic E-state index is 11.5. The summed E-state index contributed by atoms with van der Waals surface area (Å²) >= 11 is 1.45. The number of hydrogen-bond acceptors (Lipinski definition) is 3. The summed E-state index contributed by atoms with van der Waals surface area (Å²) in [6.45, 7) is 2.02. The second-order valence-corrected chi connectivity index (χ2v) is 6.05. The maximum absolute atomic E-state index is 11.5. The maximum Gasteiger partial charge on any atom is 0.353 e. The minimum atomic E-state index is -0.967. The van der Waals surface area contributed by atoms with E-state index in [1.165, 1.54) is 11.8 Å². The smallest absolute Gasteiger partial charge is 0.353 e. The van der Waals surface area contributed by atoms with Crippen LogP contribution in [0.15, 0.2) is 52.3 Å². The normalized spacial score (nSPS) is 10.8. The topological polar surface area (TPSA) is 62.3 Å². The van der Waals surface area contributed by atoms with E-state index in [-0.39, 0.29) is 5.69 Å². The SMILES string of the molecule is COc1ccc2c(Sc3cccc(C)c3)c(C(=O)O)[nH]c2c1. The molecule has 1 heterocycles. The third kappa shape index (κ3) is 2.67. The lowest BCUT2D eigenvalue weighted by Crippen LogP contribution is -1.97. The fourth-order valence-corrected chi connectivity index (χ4v) is 3.49. The van der Waals surface area contributed by atoms with E-state index in [0.717, 1.165) is 26.3 Å². The second-order valence-electron chi connectivity index (χ2n) is 4.96. The highest BCUT2D eigenvalue weighted by atomic mass is 32.2. The molecule has 0 unspecified atom stereocenters. The third-order valence-corrected chi connectivity index (χ3v) is 4.50. The van der Waals surface area contributed by atoms with Gasteiger partial charge in [-0.15, -0.1) is 0 Å². The van der Waals surface area contributed by atoms with E-state index in [4.69, 9.17) is 4.74 Å². The lowest BCUT2D eigenvalue weighted by molar-refractivity contribution is 0.0688. The molecule has 2 N–H and O–H groups in total. The van der Waals surface area contributed by atoms with Crippen molar-refractivity contribution in [2.45, 2.75) is 16.7 Å². The van der Waals surface area contributed by atoms with E-state index < -0.39 is 5.97 Å². The predicted molar refractivity (Wildman–Crippen MR) is 87.1 cm³/mol. The number of aryl methyl sites for hydroxylation is 1. The van der Waals surface area contributed by atoms with Crippen LogP contribution in [0.1, 0.15) is 16.1 Å². The number of nitrogens with one attached hydrogen (secondary N) is 1. The molecule has 4 nitrogen and oxygen atoms in total. The minimum Gasteiger partial charge on any atom is -0.497 e. The molecule has 0 aliphatic carbocycles. The number of aromatic amines is 1. The Morgan fingerprint density at radius 2 is 2.05 bits per heavy atom. The lowest BCUT2D eigenvalue weighted by atomic mass is 10.2. The minimum absolute atomic E-state index is 0.203. The van der Waals surface area contributed by atoms with Gasteiger partial charge in [0.15, 0.2) is 0 Å². The number of rotatable bonds is 4. The predicted octanol–water partition coefficient (Wildman–Crippen LogP) is 4.33. The fraction of sp³-hybridized carbons (Fsp3) is 0.118. The summed E-state index contributed by atoms with van der Waals surface area (Å²) in [5.74, 6) is -0.275. The van der Waals surface area contributed by atoms with Gasteiger partial charge in [-0.2, -0.15) is 0 Å². The first kappa shape index (κ1) is 14.5. The lowest BCUT2D eigenvalue weighted by Gasteiger charge is -2.04. The monoisotopic (exact) mass is 313 g/mol. The van der Waals surface area contributed by atoms with Crippen molar-refractivity contribution in [3.05, 3.63) is 53.7 Å². The molecule has 0 atom stereocenters. The Kier molecular flexibility index (Phi) is 3.81. The number of methoxy groups -OCH3 is 1. The molecule has 5 heteroatoms. The molecular weight excluding hydrogens is 298 g/mol. The number of benzene rings is 2. The first-order valence-electron chi connectivity index (χ1n) is 6.76. The Bertz CT molecular complexity index is 854. The van der Waals surface area contributed by atoms with Gasteiger partial charge in [-0.1, -0.05) is 29.5 Å². The average molecular weight is 313 g/mol. The molecule has 0 amide bonds. The number of aromatic carboxylic acids is 1. The highest BCUT2D eigenvalue weighted by Gasteiger charge is 2.18. The number of aromatic nitrogens is 1. The van der Waals surface area contributed by atoms with E-state index in [1.54, 1.807) is 7.11 Å². The molecule has 0 saturated carbocycles. The first-order valence-corrected chi connectivity index (χ1v) is 7.57. The Morgan fingerprint density at radius 3 is 2.73 bits per heavy atom. The highest BCUT2D eigenvalue weighted by molar-refractivity contribution is 7.99. The fourth-order valence-electron chi connectivity index (χ4n) is 2.33. The van der Waals surface area contributed by atoms with Gasteiger partial charge < -0.3 is 14.8 Å². The standard InChI is InChI=1S/C17H15NO3S/c1-10-4-3-5-12(8-10)22-16-13-7-6-11(21-2)9-14(13)18-15(16)17(19)20/h3-9,18H,1-2H3,(H,19,20). The van der Waals surface area contributed by atoms with Gasteiger partial charge >= 0.3 is 5.97 Å². The third-order valence-electron chi connectivity index (χ3n) is 3.38. The average Bonchev–Trinajstić information content (AvgIpc) is 2.85. The molecule has 112 valence electrons. The quantitative estimate of drug-likeness (QED) is 0.752. The Morgan fingerprint density at radius 1 is 1.23 bits per heavy atom. The number of H-pyrrole nitrogens is 1. The van der Waals surface area contributed by atoms with Crippen molar-refractivity contribution < 1.29 is 14.6 Å². The van der Waals surface area contributed by atoms with Crippen molar-refractivity contribution in [1.29, 1.82) is 0 Å².